The number of hydroxylamine groups is 1. The number of rotatable bonds is 7. The van der Waals surface area contributed by atoms with E-state index in [9.17, 15) is 13.6 Å². The number of benzene rings is 2. The van der Waals surface area contributed by atoms with Gasteiger partial charge in [-0.2, -0.15) is 0 Å². The van der Waals surface area contributed by atoms with E-state index in [1.165, 1.54) is 13.2 Å². The number of ether oxygens (including phenoxy) is 1. The van der Waals surface area contributed by atoms with Crippen molar-refractivity contribution in [3.8, 4) is 0 Å². The number of halogens is 3. The van der Waals surface area contributed by atoms with Crippen LogP contribution in [0.3, 0.4) is 0 Å². The number of methoxy groups -OCH3 is 1. The van der Waals surface area contributed by atoms with Gasteiger partial charge in [0.15, 0.2) is 0 Å². The van der Waals surface area contributed by atoms with E-state index in [4.69, 9.17) is 21.5 Å². The van der Waals surface area contributed by atoms with Crippen molar-refractivity contribution in [2.75, 3.05) is 7.11 Å². The fourth-order valence-electron chi connectivity index (χ4n) is 2.74. The van der Waals surface area contributed by atoms with Crippen LogP contribution in [0.1, 0.15) is 23.5 Å². The standard InChI is InChI=1S/C18H18ClF2NO3.K.H/c1-25-17(10-18(23)22-24)15(8-11-2-4-12(19)5-3-11)14-7-6-13(20)9-16(14)21;;/h2-7,9,15,17,24H,8,10H2,1H3,(H,22,23);;/t15-,17-;;/m1../s1. The Labute approximate surface area is 198 Å². The van der Waals surface area contributed by atoms with Crippen molar-refractivity contribution in [1.29, 1.82) is 0 Å². The van der Waals surface area contributed by atoms with Gasteiger partial charge >= 0.3 is 51.4 Å². The van der Waals surface area contributed by atoms with Gasteiger partial charge in [0.25, 0.3) is 0 Å². The fraction of sp³-hybridized carbons (Fsp3) is 0.278. The van der Waals surface area contributed by atoms with E-state index in [2.05, 4.69) is 0 Å². The van der Waals surface area contributed by atoms with Crippen molar-refractivity contribution < 1.29 is 23.5 Å². The SMILES string of the molecule is CO[C@H](CC(=O)NO)[C@H](Cc1ccc(Cl)cc1)c1ccc(F)cc1F.[KH]. The van der Waals surface area contributed by atoms with Crippen LogP contribution in [-0.4, -0.2) is 75.7 Å². The van der Waals surface area contributed by atoms with Crippen LogP contribution < -0.4 is 5.48 Å². The molecule has 2 aromatic carbocycles. The van der Waals surface area contributed by atoms with E-state index >= 15 is 0 Å². The summed E-state index contributed by atoms with van der Waals surface area (Å²) in [5.41, 5.74) is 2.62. The van der Waals surface area contributed by atoms with Gasteiger partial charge in [0.1, 0.15) is 11.6 Å². The number of carbonyl (C=O) groups excluding carboxylic acids is 1. The monoisotopic (exact) mass is 409 g/mol. The maximum atomic E-state index is 14.3. The third-order valence-corrected chi connectivity index (χ3v) is 4.25. The molecule has 0 aliphatic heterocycles. The molecule has 0 unspecified atom stereocenters. The van der Waals surface area contributed by atoms with Crippen LogP contribution in [0.2, 0.25) is 5.02 Å². The van der Waals surface area contributed by atoms with Gasteiger partial charge in [0.2, 0.25) is 5.91 Å². The van der Waals surface area contributed by atoms with Crippen LogP contribution in [0, 0.1) is 11.6 Å². The number of amides is 1. The molecule has 2 aromatic rings. The summed E-state index contributed by atoms with van der Waals surface area (Å²) in [4.78, 5) is 11.5. The Morgan fingerprint density at radius 3 is 2.42 bits per heavy atom. The zero-order valence-corrected chi connectivity index (χ0v) is 14.3. The Morgan fingerprint density at radius 1 is 1.23 bits per heavy atom. The first-order valence-corrected chi connectivity index (χ1v) is 7.97. The normalized spacial score (nSPS) is 12.8. The molecule has 0 aromatic heterocycles. The number of nitrogens with one attached hydrogen (secondary N) is 1. The van der Waals surface area contributed by atoms with Crippen molar-refractivity contribution in [2.24, 2.45) is 0 Å². The second kappa shape index (κ2) is 11.5. The van der Waals surface area contributed by atoms with Crippen LogP contribution in [0.4, 0.5) is 8.78 Å². The fourth-order valence-corrected chi connectivity index (χ4v) is 2.86. The van der Waals surface area contributed by atoms with Crippen LogP contribution in [0.25, 0.3) is 0 Å². The number of hydrogen-bond donors (Lipinski definition) is 2. The average Bonchev–Trinajstić information content (AvgIpc) is 2.60. The van der Waals surface area contributed by atoms with Gasteiger partial charge in [0, 0.05) is 24.1 Å². The van der Waals surface area contributed by atoms with E-state index in [1.807, 2.05) is 0 Å². The van der Waals surface area contributed by atoms with Crippen LogP contribution in [0.5, 0.6) is 0 Å². The zero-order chi connectivity index (χ0) is 18.4. The molecule has 0 fully saturated rings. The average molecular weight is 410 g/mol. The van der Waals surface area contributed by atoms with Crippen molar-refractivity contribution in [3.63, 3.8) is 0 Å². The maximum absolute atomic E-state index is 14.3. The molecule has 0 saturated carbocycles. The zero-order valence-electron chi connectivity index (χ0n) is 13.5. The Hall–Kier alpha value is -0.384. The van der Waals surface area contributed by atoms with Gasteiger partial charge in [-0.15, -0.1) is 0 Å². The second-order valence-electron chi connectivity index (χ2n) is 5.62. The Kier molecular flexibility index (Phi) is 10.4. The van der Waals surface area contributed by atoms with E-state index in [1.54, 1.807) is 29.7 Å². The molecule has 0 aliphatic rings. The molecular formula is C18H19ClF2KNO3. The first kappa shape index (κ1) is 23.7. The molecule has 0 spiro atoms. The van der Waals surface area contributed by atoms with E-state index in [-0.39, 0.29) is 63.4 Å². The minimum absolute atomic E-state index is 0. The summed E-state index contributed by atoms with van der Waals surface area (Å²) in [6.07, 6.45) is -0.554. The first-order chi connectivity index (χ1) is 11.9. The van der Waals surface area contributed by atoms with Crippen molar-refractivity contribution in [2.45, 2.75) is 24.9 Å². The van der Waals surface area contributed by atoms with E-state index in [0.29, 0.717) is 11.4 Å². The predicted molar refractivity (Wildman–Crippen MR) is 96.7 cm³/mol. The van der Waals surface area contributed by atoms with E-state index < -0.39 is 29.6 Å². The molecular weight excluding hydrogens is 391 g/mol. The molecule has 0 aliphatic carbocycles. The Morgan fingerprint density at radius 2 is 1.88 bits per heavy atom. The van der Waals surface area contributed by atoms with Crippen molar-refractivity contribution in [1.82, 2.24) is 5.48 Å². The van der Waals surface area contributed by atoms with Gasteiger partial charge in [-0.25, -0.2) is 14.3 Å². The molecule has 0 saturated heterocycles. The van der Waals surface area contributed by atoms with Crippen molar-refractivity contribution in [3.05, 3.63) is 70.2 Å². The van der Waals surface area contributed by atoms with Gasteiger partial charge in [-0.05, 0) is 35.7 Å². The van der Waals surface area contributed by atoms with Crippen LogP contribution in [-0.2, 0) is 16.0 Å². The summed E-state index contributed by atoms with van der Waals surface area (Å²) in [5.74, 6) is -2.63. The number of hydrogen-bond acceptors (Lipinski definition) is 3. The molecule has 8 heteroatoms. The van der Waals surface area contributed by atoms with Gasteiger partial charge in [-0.3, -0.25) is 10.0 Å². The molecule has 0 bridgehead atoms. The second-order valence-corrected chi connectivity index (χ2v) is 6.05. The molecule has 136 valence electrons. The predicted octanol–water partition coefficient (Wildman–Crippen LogP) is 3.21. The summed E-state index contributed by atoms with van der Waals surface area (Å²) in [7, 11) is 1.39. The first-order valence-electron chi connectivity index (χ1n) is 7.59. The molecule has 2 rings (SSSR count). The molecule has 2 N–H and O–H groups in total. The Bertz CT molecular complexity index is 731. The summed E-state index contributed by atoms with van der Waals surface area (Å²) in [6.45, 7) is 0. The summed E-state index contributed by atoms with van der Waals surface area (Å²) in [5, 5.41) is 9.32. The third kappa shape index (κ3) is 6.65. The van der Waals surface area contributed by atoms with Crippen molar-refractivity contribution >= 4 is 68.9 Å². The van der Waals surface area contributed by atoms with Gasteiger partial charge in [0.05, 0.1) is 12.5 Å². The molecule has 26 heavy (non-hydrogen) atoms. The molecule has 1 amide bonds. The quantitative estimate of drug-likeness (QED) is 0.419. The summed E-state index contributed by atoms with van der Waals surface area (Å²) >= 11 is 5.88. The Balaban J connectivity index is 0.00000338. The van der Waals surface area contributed by atoms with Crippen LogP contribution >= 0.6 is 11.6 Å². The molecule has 0 heterocycles. The summed E-state index contributed by atoms with van der Waals surface area (Å²) in [6, 6.07) is 10.3. The van der Waals surface area contributed by atoms with E-state index in [0.717, 1.165) is 17.7 Å². The molecule has 0 radical (unpaired) electrons. The van der Waals surface area contributed by atoms with Gasteiger partial charge in [-0.1, -0.05) is 29.8 Å². The number of carbonyl (C=O) groups is 1. The third-order valence-electron chi connectivity index (χ3n) is 3.99. The minimum atomic E-state index is -0.720. The van der Waals surface area contributed by atoms with Gasteiger partial charge < -0.3 is 4.74 Å². The molecule has 2 atom stereocenters. The molecule has 4 nitrogen and oxygen atoms in total. The topological polar surface area (TPSA) is 58.6 Å². The summed E-state index contributed by atoms with van der Waals surface area (Å²) < 4.78 is 32.9. The van der Waals surface area contributed by atoms with Crippen LogP contribution in [0.15, 0.2) is 42.5 Å².